The highest BCUT2D eigenvalue weighted by Gasteiger charge is 2.19. The smallest absolute Gasteiger partial charge is 0.222 e. The van der Waals surface area contributed by atoms with E-state index in [1.807, 2.05) is 45.9 Å². The zero-order valence-corrected chi connectivity index (χ0v) is 17.6. The summed E-state index contributed by atoms with van der Waals surface area (Å²) < 4.78 is 18.1. The van der Waals surface area contributed by atoms with Crippen LogP contribution in [-0.2, 0) is 9.53 Å². The Balaban J connectivity index is 1.45. The molecule has 0 spiro atoms. The third kappa shape index (κ3) is 4.68. The van der Waals surface area contributed by atoms with E-state index in [2.05, 4.69) is 10.2 Å². The van der Waals surface area contributed by atoms with Crippen LogP contribution in [0.1, 0.15) is 12.8 Å². The Hall–Kier alpha value is -2.78. The molecule has 0 bridgehead atoms. The topological polar surface area (TPSA) is 82.6 Å². The van der Waals surface area contributed by atoms with Crippen molar-refractivity contribution in [2.75, 3.05) is 39.2 Å². The predicted molar refractivity (Wildman–Crippen MR) is 113 cm³/mol. The molecule has 1 amide bonds. The van der Waals surface area contributed by atoms with E-state index in [0.717, 1.165) is 28.8 Å². The van der Waals surface area contributed by atoms with E-state index in [4.69, 9.17) is 13.9 Å². The molecule has 1 saturated heterocycles. The Morgan fingerprint density at radius 1 is 1.17 bits per heavy atom. The lowest BCUT2D eigenvalue weighted by molar-refractivity contribution is -0.135. The second-order valence-electron chi connectivity index (χ2n) is 6.76. The zero-order valence-electron chi connectivity index (χ0n) is 16.8. The summed E-state index contributed by atoms with van der Waals surface area (Å²) in [6.07, 6.45) is 2.91. The minimum atomic E-state index is 0.187. The molecule has 9 heteroatoms. The molecular weight excluding hydrogens is 404 g/mol. The molecule has 0 N–H and O–H groups in total. The summed E-state index contributed by atoms with van der Waals surface area (Å²) in [5.41, 5.74) is 0.916. The van der Waals surface area contributed by atoms with Gasteiger partial charge in [-0.2, -0.15) is 0 Å². The average Bonchev–Trinajstić information content (AvgIpc) is 3.47. The van der Waals surface area contributed by atoms with Crippen LogP contribution in [0, 0.1) is 0 Å². The van der Waals surface area contributed by atoms with E-state index in [1.165, 1.54) is 0 Å². The number of amides is 1. The van der Waals surface area contributed by atoms with Gasteiger partial charge in [-0.25, -0.2) is 0 Å². The molecule has 0 unspecified atom stereocenters. The lowest BCUT2D eigenvalue weighted by Crippen LogP contribution is -2.40. The second-order valence-corrected chi connectivity index (χ2v) is 7.82. The van der Waals surface area contributed by atoms with Crippen LogP contribution in [0.4, 0.5) is 0 Å². The van der Waals surface area contributed by atoms with Crippen molar-refractivity contribution in [1.29, 1.82) is 0 Å². The highest BCUT2D eigenvalue weighted by atomic mass is 32.2. The van der Waals surface area contributed by atoms with E-state index in [0.29, 0.717) is 44.3 Å². The SMILES string of the molecule is COc1ccc(-n2c(SCCCC(=O)N3CCOCC3)nnc2-c2ccco2)cc1. The third-order valence-electron chi connectivity index (χ3n) is 4.84. The Kier molecular flexibility index (Phi) is 6.70. The largest absolute Gasteiger partial charge is 0.497 e. The van der Waals surface area contributed by atoms with Gasteiger partial charge in [0.1, 0.15) is 5.75 Å². The minimum absolute atomic E-state index is 0.187. The Labute approximate surface area is 179 Å². The van der Waals surface area contributed by atoms with Crippen LogP contribution in [0.15, 0.2) is 52.2 Å². The number of rotatable bonds is 8. The molecule has 1 aliphatic rings. The molecule has 1 fully saturated rings. The molecule has 4 rings (SSSR count). The molecule has 3 heterocycles. The van der Waals surface area contributed by atoms with Crippen molar-refractivity contribution in [1.82, 2.24) is 19.7 Å². The molecule has 8 nitrogen and oxygen atoms in total. The Morgan fingerprint density at radius 3 is 2.67 bits per heavy atom. The molecule has 158 valence electrons. The summed E-state index contributed by atoms with van der Waals surface area (Å²) in [7, 11) is 1.64. The number of carbonyl (C=O) groups excluding carboxylic acids is 1. The van der Waals surface area contributed by atoms with Crippen molar-refractivity contribution in [2.24, 2.45) is 0 Å². The highest BCUT2D eigenvalue weighted by molar-refractivity contribution is 7.99. The quantitative estimate of drug-likeness (QED) is 0.402. The fourth-order valence-corrected chi connectivity index (χ4v) is 4.14. The highest BCUT2D eigenvalue weighted by Crippen LogP contribution is 2.29. The lowest BCUT2D eigenvalue weighted by Gasteiger charge is -2.26. The predicted octanol–water partition coefficient (Wildman–Crippen LogP) is 3.27. The monoisotopic (exact) mass is 428 g/mol. The summed E-state index contributed by atoms with van der Waals surface area (Å²) in [4.78, 5) is 14.2. The number of methoxy groups -OCH3 is 1. The fourth-order valence-electron chi connectivity index (χ4n) is 3.25. The number of benzene rings is 1. The van der Waals surface area contributed by atoms with Gasteiger partial charge in [-0.1, -0.05) is 11.8 Å². The molecule has 3 aromatic rings. The summed E-state index contributed by atoms with van der Waals surface area (Å²) in [5, 5.41) is 9.47. The molecule has 1 aliphatic heterocycles. The summed E-state index contributed by atoms with van der Waals surface area (Å²) in [6.45, 7) is 2.62. The van der Waals surface area contributed by atoms with Crippen molar-refractivity contribution in [3.8, 4) is 23.0 Å². The number of hydrogen-bond donors (Lipinski definition) is 0. The Morgan fingerprint density at radius 2 is 1.97 bits per heavy atom. The van der Waals surface area contributed by atoms with Crippen molar-refractivity contribution >= 4 is 17.7 Å². The molecule has 1 aromatic carbocycles. The fraction of sp³-hybridized carbons (Fsp3) is 0.381. The first-order chi connectivity index (χ1) is 14.8. The number of carbonyl (C=O) groups is 1. The van der Waals surface area contributed by atoms with E-state index in [-0.39, 0.29) is 5.91 Å². The van der Waals surface area contributed by atoms with Gasteiger partial charge in [0.2, 0.25) is 11.7 Å². The second kappa shape index (κ2) is 9.82. The van der Waals surface area contributed by atoms with E-state index in [1.54, 1.807) is 25.1 Å². The number of nitrogens with zero attached hydrogens (tertiary/aromatic N) is 4. The summed E-state index contributed by atoms with van der Waals surface area (Å²) >= 11 is 1.58. The molecule has 2 aromatic heterocycles. The van der Waals surface area contributed by atoms with Crippen LogP contribution in [0.2, 0.25) is 0 Å². The van der Waals surface area contributed by atoms with Gasteiger partial charge in [0.05, 0.1) is 32.3 Å². The van der Waals surface area contributed by atoms with Gasteiger partial charge < -0.3 is 18.8 Å². The first kappa shape index (κ1) is 20.5. The summed E-state index contributed by atoms with van der Waals surface area (Å²) in [5.74, 6) is 3.02. The normalized spacial score (nSPS) is 14.1. The van der Waals surface area contributed by atoms with Gasteiger partial charge in [0.25, 0.3) is 0 Å². The van der Waals surface area contributed by atoms with Gasteiger partial charge in [-0.05, 0) is 42.8 Å². The van der Waals surface area contributed by atoms with Gasteiger partial charge in [-0.3, -0.25) is 9.36 Å². The van der Waals surface area contributed by atoms with Crippen LogP contribution in [0.3, 0.4) is 0 Å². The maximum Gasteiger partial charge on any atom is 0.222 e. The molecule has 0 atom stereocenters. The van der Waals surface area contributed by atoms with Crippen molar-refractivity contribution in [3.05, 3.63) is 42.7 Å². The number of aromatic nitrogens is 3. The lowest BCUT2D eigenvalue weighted by atomic mass is 10.3. The molecule has 0 aliphatic carbocycles. The van der Waals surface area contributed by atoms with Gasteiger partial charge in [0, 0.05) is 25.3 Å². The number of ether oxygens (including phenoxy) is 2. The molecule has 30 heavy (non-hydrogen) atoms. The first-order valence-electron chi connectivity index (χ1n) is 9.88. The average molecular weight is 429 g/mol. The van der Waals surface area contributed by atoms with Crippen molar-refractivity contribution < 1.29 is 18.7 Å². The van der Waals surface area contributed by atoms with Gasteiger partial charge >= 0.3 is 0 Å². The number of furan rings is 1. The number of hydrogen-bond acceptors (Lipinski definition) is 7. The van der Waals surface area contributed by atoms with Crippen LogP contribution in [0.25, 0.3) is 17.3 Å². The summed E-state index contributed by atoms with van der Waals surface area (Å²) in [6, 6.07) is 11.4. The number of morpholine rings is 1. The molecule has 0 saturated carbocycles. The van der Waals surface area contributed by atoms with Gasteiger partial charge in [-0.15, -0.1) is 10.2 Å². The third-order valence-corrected chi connectivity index (χ3v) is 5.85. The van der Waals surface area contributed by atoms with Crippen LogP contribution >= 0.6 is 11.8 Å². The molecule has 0 radical (unpaired) electrons. The first-order valence-corrected chi connectivity index (χ1v) is 10.9. The van der Waals surface area contributed by atoms with Gasteiger partial charge in [0.15, 0.2) is 10.9 Å². The van der Waals surface area contributed by atoms with Crippen LogP contribution in [0.5, 0.6) is 5.75 Å². The Bertz CT molecular complexity index is 950. The van der Waals surface area contributed by atoms with Crippen LogP contribution in [-0.4, -0.2) is 64.7 Å². The van der Waals surface area contributed by atoms with Crippen molar-refractivity contribution in [3.63, 3.8) is 0 Å². The minimum Gasteiger partial charge on any atom is -0.497 e. The maximum atomic E-state index is 12.3. The number of thioether (sulfide) groups is 1. The maximum absolute atomic E-state index is 12.3. The van der Waals surface area contributed by atoms with E-state index >= 15 is 0 Å². The van der Waals surface area contributed by atoms with Crippen LogP contribution < -0.4 is 4.74 Å². The molecular formula is C21H24N4O4S. The van der Waals surface area contributed by atoms with Crippen molar-refractivity contribution in [2.45, 2.75) is 18.0 Å². The zero-order chi connectivity index (χ0) is 20.8. The standard InChI is InChI=1S/C21H24N4O4S/c1-27-17-8-6-16(7-9-17)25-20(18-4-2-12-29-18)22-23-21(25)30-15-3-5-19(26)24-10-13-28-14-11-24/h2,4,6-9,12H,3,5,10-11,13-15H2,1H3. The van der Waals surface area contributed by atoms with E-state index < -0.39 is 0 Å². The van der Waals surface area contributed by atoms with E-state index in [9.17, 15) is 4.79 Å².